The molecule has 32 heavy (non-hydrogen) atoms. The molecule has 1 spiro atoms. The molecule has 1 aliphatic carbocycles. The molecule has 4 N–H and O–H groups in total. The number of rotatable bonds is 5. The molecule has 3 atom stereocenters. The van der Waals surface area contributed by atoms with E-state index >= 15 is 0 Å². The van der Waals surface area contributed by atoms with E-state index in [9.17, 15) is 29.5 Å². The van der Waals surface area contributed by atoms with Gasteiger partial charge < -0.3 is 25.8 Å². The number of hydrogen-bond acceptors (Lipinski definition) is 6. The molecule has 168 valence electrons. The highest BCUT2D eigenvalue weighted by atomic mass is 16.5. The predicted molar refractivity (Wildman–Crippen MR) is 109 cm³/mol. The van der Waals surface area contributed by atoms with Crippen molar-refractivity contribution in [2.24, 2.45) is 11.7 Å². The maximum atomic E-state index is 13.4. The minimum atomic E-state index is -1.62. The zero-order chi connectivity index (χ0) is 23.2. The number of primary amides is 1. The molecule has 4 amide bonds. The first-order chi connectivity index (χ1) is 15.2. The predicted octanol–water partition coefficient (Wildman–Crippen LogP) is 0.493. The normalized spacial score (nSPS) is 24.7. The zero-order valence-electron chi connectivity index (χ0n) is 17.4. The number of nitrogens with one attached hydrogen (secondary N) is 1. The van der Waals surface area contributed by atoms with E-state index in [2.05, 4.69) is 5.32 Å². The molecule has 2 aliphatic heterocycles. The summed E-state index contributed by atoms with van der Waals surface area (Å²) in [6, 6.07) is 4.54. The van der Waals surface area contributed by atoms with E-state index in [4.69, 9.17) is 10.5 Å². The summed E-state index contributed by atoms with van der Waals surface area (Å²) >= 11 is 0. The maximum absolute atomic E-state index is 13.4. The van der Waals surface area contributed by atoms with Crippen LogP contribution in [0.3, 0.4) is 0 Å². The fourth-order valence-corrected chi connectivity index (χ4v) is 4.33. The number of likely N-dealkylation sites (N-methyl/N-ethyl adjacent to an activating group) is 1. The summed E-state index contributed by atoms with van der Waals surface area (Å²) in [7, 11) is 1.30. The number of likely N-dealkylation sites (tertiary alicyclic amines) is 1. The molecule has 3 aliphatic rings. The van der Waals surface area contributed by atoms with Crippen molar-refractivity contribution in [3.8, 4) is 11.8 Å². The smallest absolute Gasteiger partial charge is 0.407 e. The highest BCUT2D eigenvalue weighted by Crippen LogP contribution is 2.42. The third kappa shape index (κ3) is 3.57. The van der Waals surface area contributed by atoms with Gasteiger partial charge in [0.2, 0.25) is 17.4 Å². The minimum absolute atomic E-state index is 0.157. The average molecular weight is 441 g/mol. The van der Waals surface area contributed by atoms with Crippen LogP contribution < -0.4 is 15.8 Å². The third-order valence-electron chi connectivity index (χ3n) is 6.34. The van der Waals surface area contributed by atoms with Gasteiger partial charge in [-0.3, -0.25) is 19.3 Å². The molecule has 1 aromatic rings. The Hall–Kier alpha value is -3.81. The van der Waals surface area contributed by atoms with Gasteiger partial charge in [0.1, 0.15) is 18.2 Å². The van der Waals surface area contributed by atoms with Crippen LogP contribution in [-0.2, 0) is 14.4 Å². The zero-order valence-corrected chi connectivity index (χ0v) is 17.4. The third-order valence-corrected chi connectivity index (χ3v) is 6.34. The minimum Gasteiger partial charge on any atom is -0.472 e. The molecule has 1 saturated carbocycles. The second kappa shape index (κ2) is 7.71. The fraction of sp³-hybridized carbons (Fsp3) is 0.476. The average Bonchev–Trinajstić information content (AvgIpc) is 3.49. The summed E-state index contributed by atoms with van der Waals surface area (Å²) in [6.45, 7) is -0.293. The number of ether oxygens (including phenoxy) is 1. The van der Waals surface area contributed by atoms with E-state index < -0.39 is 41.5 Å². The van der Waals surface area contributed by atoms with Crippen LogP contribution in [0.15, 0.2) is 18.2 Å². The molecule has 4 rings (SSSR count). The van der Waals surface area contributed by atoms with Gasteiger partial charge in [0.25, 0.3) is 5.91 Å². The lowest BCUT2D eigenvalue weighted by Crippen LogP contribution is -2.55. The number of nitriles is 1. The SMILES string of the molecule is CN(C(=O)O)[C@@H](CC1CC1)C(=O)N1C[C@@]2(C[C@H]1C(N)=O)Oc1c(C#N)cccc1NC2=O. The van der Waals surface area contributed by atoms with Crippen molar-refractivity contribution in [1.82, 2.24) is 9.80 Å². The van der Waals surface area contributed by atoms with Crippen LogP contribution in [0.25, 0.3) is 0 Å². The first-order valence-electron chi connectivity index (χ1n) is 10.3. The summed E-state index contributed by atoms with van der Waals surface area (Å²) in [5.41, 5.74) is 4.45. The van der Waals surface area contributed by atoms with Crippen molar-refractivity contribution in [3.05, 3.63) is 23.8 Å². The number of hydrogen-bond donors (Lipinski definition) is 3. The number of nitrogens with two attached hydrogens (primary N) is 1. The second-order valence-electron chi connectivity index (χ2n) is 8.52. The van der Waals surface area contributed by atoms with Crippen molar-refractivity contribution in [3.63, 3.8) is 0 Å². The Labute approximate surface area is 183 Å². The van der Waals surface area contributed by atoms with Gasteiger partial charge in [-0.15, -0.1) is 0 Å². The van der Waals surface area contributed by atoms with E-state index in [-0.39, 0.29) is 30.2 Å². The molecule has 0 radical (unpaired) electrons. The molecule has 2 heterocycles. The lowest BCUT2D eigenvalue weighted by atomic mass is 9.96. The Morgan fingerprint density at radius 3 is 2.75 bits per heavy atom. The van der Waals surface area contributed by atoms with Crippen molar-refractivity contribution >= 4 is 29.5 Å². The van der Waals surface area contributed by atoms with Gasteiger partial charge in [0.05, 0.1) is 17.8 Å². The number of para-hydroxylation sites is 1. The van der Waals surface area contributed by atoms with Crippen molar-refractivity contribution < 1.29 is 29.0 Å². The van der Waals surface area contributed by atoms with Crippen LogP contribution in [0.5, 0.6) is 5.75 Å². The number of amides is 4. The van der Waals surface area contributed by atoms with E-state index in [0.717, 1.165) is 22.6 Å². The topological polar surface area (TPSA) is 166 Å². The quantitative estimate of drug-likeness (QED) is 0.598. The van der Waals surface area contributed by atoms with Crippen LogP contribution >= 0.6 is 0 Å². The van der Waals surface area contributed by atoms with E-state index in [1.54, 1.807) is 12.1 Å². The van der Waals surface area contributed by atoms with Gasteiger partial charge in [0.15, 0.2) is 5.75 Å². The molecule has 1 aromatic carbocycles. The number of benzene rings is 1. The molecular formula is C21H23N5O6. The van der Waals surface area contributed by atoms with E-state index in [1.807, 2.05) is 6.07 Å². The van der Waals surface area contributed by atoms with Gasteiger partial charge in [0, 0.05) is 13.5 Å². The molecule has 11 nitrogen and oxygen atoms in total. The summed E-state index contributed by atoms with van der Waals surface area (Å²) in [4.78, 5) is 52.3. The van der Waals surface area contributed by atoms with E-state index in [0.29, 0.717) is 12.1 Å². The molecule has 1 saturated heterocycles. The Morgan fingerprint density at radius 2 is 2.16 bits per heavy atom. The maximum Gasteiger partial charge on any atom is 0.407 e. The number of fused-ring (bicyclic) bond motifs is 1. The number of nitrogens with zero attached hydrogens (tertiary/aromatic N) is 3. The number of anilines is 1. The lowest BCUT2D eigenvalue weighted by Gasteiger charge is -2.35. The second-order valence-corrected chi connectivity index (χ2v) is 8.52. The van der Waals surface area contributed by atoms with Crippen molar-refractivity contribution in [2.45, 2.75) is 43.4 Å². The van der Waals surface area contributed by atoms with Crippen LogP contribution in [0.1, 0.15) is 31.2 Å². The summed E-state index contributed by atoms with van der Waals surface area (Å²) in [5, 5.41) is 21.5. The van der Waals surface area contributed by atoms with Gasteiger partial charge in [-0.05, 0) is 24.5 Å². The first kappa shape index (κ1) is 21.4. The summed E-state index contributed by atoms with van der Waals surface area (Å²) in [5.74, 6) is -1.60. The molecule has 0 aromatic heterocycles. The Morgan fingerprint density at radius 1 is 1.44 bits per heavy atom. The largest absolute Gasteiger partial charge is 0.472 e. The van der Waals surface area contributed by atoms with Crippen LogP contribution in [0.4, 0.5) is 10.5 Å². The molecule has 2 fully saturated rings. The lowest BCUT2D eigenvalue weighted by molar-refractivity contribution is -0.142. The van der Waals surface area contributed by atoms with Gasteiger partial charge in [-0.1, -0.05) is 18.9 Å². The molecule has 0 bridgehead atoms. The van der Waals surface area contributed by atoms with Gasteiger partial charge in [-0.25, -0.2) is 4.79 Å². The first-order valence-corrected chi connectivity index (χ1v) is 10.3. The highest BCUT2D eigenvalue weighted by Gasteiger charge is 2.58. The number of carbonyl (C=O) groups excluding carboxylic acids is 3. The van der Waals surface area contributed by atoms with Crippen molar-refractivity contribution in [2.75, 3.05) is 18.9 Å². The highest BCUT2D eigenvalue weighted by molar-refractivity contribution is 6.03. The Bertz CT molecular complexity index is 1050. The Balaban J connectivity index is 1.67. The van der Waals surface area contributed by atoms with Crippen LogP contribution in [0.2, 0.25) is 0 Å². The number of carbonyl (C=O) groups is 4. The van der Waals surface area contributed by atoms with Gasteiger partial charge in [-0.2, -0.15) is 5.26 Å². The van der Waals surface area contributed by atoms with E-state index in [1.165, 1.54) is 13.1 Å². The Kier molecular flexibility index (Phi) is 5.16. The standard InChI is InChI=1S/C21H23N5O6/c1-25(20(30)31)14(7-11-5-6-11)18(28)26-10-21(8-15(26)17(23)27)19(29)24-13-4-2-3-12(9-22)16(13)32-21/h2-4,11,14-15H,5-8,10H2,1H3,(H2,23,27)(H,24,29)(H,30,31)/t14-,15-,21+/m0/s1. The summed E-state index contributed by atoms with van der Waals surface area (Å²) < 4.78 is 5.99. The monoisotopic (exact) mass is 441 g/mol. The van der Waals surface area contributed by atoms with Gasteiger partial charge >= 0.3 is 6.09 Å². The summed E-state index contributed by atoms with van der Waals surface area (Å²) in [6.07, 6.45) is 0.656. The number of carboxylic acid groups (broad SMARTS) is 1. The molecule has 11 heteroatoms. The van der Waals surface area contributed by atoms with Crippen LogP contribution in [0, 0.1) is 17.2 Å². The molecular weight excluding hydrogens is 418 g/mol. The fourth-order valence-electron chi connectivity index (χ4n) is 4.33. The van der Waals surface area contributed by atoms with Crippen LogP contribution in [-0.4, -0.2) is 70.0 Å². The molecule has 0 unspecified atom stereocenters. The van der Waals surface area contributed by atoms with Crippen molar-refractivity contribution in [1.29, 1.82) is 5.26 Å².